The fourth-order valence-corrected chi connectivity index (χ4v) is 1.85. The van der Waals surface area contributed by atoms with Crippen LogP contribution < -0.4 is 20.1 Å². The fraction of sp³-hybridized carbons (Fsp3) is 0.375. The number of hydrogen-bond donors (Lipinski definition) is 2. The molecule has 0 aliphatic heterocycles. The number of hydrogen-bond acceptors (Lipinski definition) is 6. The monoisotopic (exact) mass is 302 g/mol. The smallest absolute Gasteiger partial charge is 0.229 e. The van der Waals surface area contributed by atoms with Crippen molar-refractivity contribution < 1.29 is 9.47 Å². The molecular formula is C16H22N4O2. The van der Waals surface area contributed by atoms with E-state index in [0.29, 0.717) is 17.6 Å². The number of methoxy groups -OCH3 is 2. The van der Waals surface area contributed by atoms with Crippen molar-refractivity contribution >= 4 is 17.5 Å². The van der Waals surface area contributed by atoms with E-state index in [-0.39, 0.29) is 0 Å². The van der Waals surface area contributed by atoms with Crippen molar-refractivity contribution in [2.75, 3.05) is 31.4 Å². The third kappa shape index (κ3) is 4.25. The first kappa shape index (κ1) is 15.9. The van der Waals surface area contributed by atoms with Crippen molar-refractivity contribution in [1.29, 1.82) is 0 Å². The van der Waals surface area contributed by atoms with Crippen LogP contribution in [0.4, 0.5) is 17.5 Å². The number of aromatic nitrogens is 2. The molecule has 0 radical (unpaired) electrons. The number of benzene rings is 1. The van der Waals surface area contributed by atoms with Crippen LogP contribution in [0, 0.1) is 5.92 Å². The molecule has 1 heterocycles. The Bertz CT molecular complexity index is 617. The lowest BCUT2D eigenvalue weighted by atomic mass is 10.2. The van der Waals surface area contributed by atoms with Gasteiger partial charge in [-0.15, -0.1) is 0 Å². The van der Waals surface area contributed by atoms with Gasteiger partial charge in [-0.2, -0.15) is 4.98 Å². The Kier molecular flexibility index (Phi) is 5.41. The van der Waals surface area contributed by atoms with Gasteiger partial charge in [0.2, 0.25) is 5.95 Å². The SMILES string of the molecule is COc1ccc(Nc2nccc(NCC(C)C)n2)c(OC)c1. The standard InChI is InChI=1S/C16H22N4O2/c1-11(2)10-18-15-7-8-17-16(20-15)19-13-6-5-12(21-3)9-14(13)22-4/h5-9,11H,10H2,1-4H3,(H2,17,18,19,20). The van der Waals surface area contributed by atoms with E-state index in [1.165, 1.54) is 0 Å². The number of rotatable bonds is 7. The van der Waals surface area contributed by atoms with Crippen molar-refractivity contribution in [2.45, 2.75) is 13.8 Å². The first-order valence-corrected chi connectivity index (χ1v) is 7.18. The Hall–Kier alpha value is -2.50. The summed E-state index contributed by atoms with van der Waals surface area (Å²) in [4.78, 5) is 8.67. The molecule has 118 valence electrons. The second kappa shape index (κ2) is 7.49. The van der Waals surface area contributed by atoms with Crippen LogP contribution in [-0.4, -0.2) is 30.7 Å². The maximum atomic E-state index is 5.36. The summed E-state index contributed by atoms with van der Waals surface area (Å²) in [6, 6.07) is 7.38. The van der Waals surface area contributed by atoms with E-state index in [1.54, 1.807) is 20.4 Å². The lowest BCUT2D eigenvalue weighted by molar-refractivity contribution is 0.395. The van der Waals surface area contributed by atoms with Crippen LogP contribution in [0.2, 0.25) is 0 Å². The van der Waals surface area contributed by atoms with Crippen LogP contribution in [0.15, 0.2) is 30.5 Å². The molecule has 0 saturated heterocycles. The van der Waals surface area contributed by atoms with Gasteiger partial charge in [0.25, 0.3) is 0 Å². The van der Waals surface area contributed by atoms with E-state index < -0.39 is 0 Å². The topological polar surface area (TPSA) is 68.3 Å². The van der Waals surface area contributed by atoms with Gasteiger partial charge in [0.1, 0.15) is 17.3 Å². The largest absolute Gasteiger partial charge is 0.497 e. The number of ether oxygens (including phenoxy) is 2. The van der Waals surface area contributed by atoms with Gasteiger partial charge in [-0.3, -0.25) is 0 Å². The molecule has 1 aromatic heterocycles. The molecule has 0 fully saturated rings. The Morgan fingerprint density at radius 2 is 1.95 bits per heavy atom. The zero-order chi connectivity index (χ0) is 15.9. The second-order valence-electron chi connectivity index (χ2n) is 5.23. The Labute approximate surface area is 130 Å². The highest BCUT2D eigenvalue weighted by atomic mass is 16.5. The average Bonchev–Trinajstić information content (AvgIpc) is 2.53. The minimum absolute atomic E-state index is 0.511. The van der Waals surface area contributed by atoms with E-state index in [0.717, 1.165) is 23.8 Å². The van der Waals surface area contributed by atoms with Crippen molar-refractivity contribution in [1.82, 2.24) is 9.97 Å². The predicted octanol–water partition coefficient (Wildman–Crippen LogP) is 3.31. The molecule has 0 bridgehead atoms. The van der Waals surface area contributed by atoms with Crippen LogP contribution in [0.1, 0.15) is 13.8 Å². The molecule has 0 spiro atoms. The summed E-state index contributed by atoms with van der Waals surface area (Å²) in [5, 5.41) is 6.43. The van der Waals surface area contributed by atoms with Crippen LogP contribution in [-0.2, 0) is 0 Å². The van der Waals surface area contributed by atoms with E-state index in [4.69, 9.17) is 9.47 Å². The van der Waals surface area contributed by atoms with Gasteiger partial charge >= 0.3 is 0 Å². The summed E-state index contributed by atoms with van der Waals surface area (Å²) >= 11 is 0. The summed E-state index contributed by atoms with van der Waals surface area (Å²) < 4.78 is 10.5. The van der Waals surface area contributed by atoms with Crippen molar-refractivity contribution in [2.24, 2.45) is 5.92 Å². The highest BCUT2D eigenvalue weighted by Gasteiger charge is 2.07. The number of anilines is 3. The molecular weight excluding hydrogens is 280 g/mol. The van der Waals surface area contributed by atoms with E-state index >= 15 is 0 Å². The number of nitrogens with one attached hydrogen (secondary N) is 2. The van der Waals surface area contributed by atoms with Gasteiger partial charge in [-0.25, -0.2) is 4.98 Å². The number of nitrogens with zero attached hydrogens (tertiary/aromatic N) is 2. The van der Waals surface area contributed by atoms with Crippen molar-refractivity contribution in [3.63, 3.8) is 0 Å². The van der Waals surface area contributed by atoms with Crippen molar-refractivity contribution in [3.05, 3.63) is 30.5 Å². The molecule has 22 heavy (non-hydrogen) atoms. The zero-order valence-electron chi connectivity index (χ0n) is 13.4. The Balaban J connectivity index is 2.15. The lowest BCUT2D eigenvalue weighted by Gasteiger charge is -2.12. The first-order chi connectivity index (χ1) is 10.6. The van der Waals surface area contributed by atoms with Crippen LogP contribution in [0.3, 0.4) is 0 Å². The fourth-order valence-electron chi connectivity index (χ4n) is 1.85. The normalized spacial score (nSPS) is 10.4. The Morgan fingerprint density at radius 3 is 2.64 bits per heavy atom. The third-order valence-corrected chi connectivity index (χ3v) is 3.00. The minimum atomic E-state index is 0.511. The maximum Gasteiger partial charge on any atom is 0.229 e. The van der Waals surface area contributed by atoms with Gasteiger partial charge in [0.15, 0.2) is 0 Å². The summed E-state index contributed by atoms with van der Waals surface area (Å²) in [6.07, 6.45) is 1.72. The van der Waals surface area contributed by atoms with E-state index in [2.05, 4.69) is 34.4 Å². The van der Waals surface area contributed by atoms with Gasteiger partial charge in [-0.1, -0.05) is 13.8 Å². The highest BCUT2D eigenvalue weighted by Crippen LogP contribution is 2.30. The molecule has 0 saturated carbocycles. The summed E-state index contributed by atoms with van der Waals surface area (Å²) in [5.74, 6) is 3.25. The molecule has 2 rings (SSSR count). The minimum Gasteiger partial charge on any atom is -0.497 e. The lowest BCUT2D eigenvalue weighted by Crippen LogP contribution is -2.10. The molecule has 0 aliphatic carbocycles. The van der Waals surface area contributed by atoms with E-state index in [9.17, 15) is 0 Å². The van der Waals surface area contributed by atoms with Crippen LogP contribution in [0.25, 0.3) is 0 Å². The molecule has 6 heteroatoms. The molecule has 0 unspecified atom stereocenters. The first-order valence-electron chi connectivity index (χ1n) is 7.18. The zero-order valence-corrected chi connectivity index (χ0v) is 13.4. The second-order valence-corrected chi connectivity index (χ2v) is 5.23. The predicted molar refractivity (Wildman–Crippen MR) is 88.2 cm³/mol. The van der Waals surface area contributed by atoms with Crippen LogP contribution >= 0.6 is 0 Å². The maximum absolute atomic E-state index is 5.36. The molecule has 0 aliphatic rings. The third-order valence-electron chi connectivity index (χ3n) is 3.00. The molecule has 1 aromatic carbocycles. The summed E-state index contributed by atoms with van der Waals surface area (Å²) in [6.45, 7) is 5.16. The van der Waals surface area contributed by atoms with Crippen molar-refractivity contribution in [3.8, 4) is 11.5 Å². The van der Waals surface area contributed by atoms with Gasteiger partial charge < -0.3 is 20.1 Å². The Morgan fingerprint density at radius 1 is 1.14 bits per heavy atom. The highest BCUT2D eigenvalue weighted by molar-refractivity contribution is 5.64. The van der Waals surface area contributed by atoms with Crippen LogP contribution in [0.5, 0.6) is 11.5 Å². The van der Waals surface area contributed by atoms with Gasteiger partial charge in [0, 0.05) is 18.8 Å². The molecule has 2 N–H and O–H groups in total. The quantitative estimate of drug-likeness (QED) is 0.818. The molecule has 0 amide bonds. The molecule has 0 atom stereocenters. The molecule has 6 nitrogen and oxygen atoms in total. The molecule has 2 aromatic rings. The summed E-state index contributed by atoms with van der Waals surface area (Å²) in [7, 11) is 3.23. The van der Waals surface area contributed by atoms with E-state index in [1.807, 2.05) is 24.3 Å². The van der Waals surface area contributed by atoms with Gasteiger partial charge in [-0.05, 0) is 24.1 Å². The van der Waals surface area contributed by atoms with Gasteiger partial charge in [0.05, 0.1) is 19.9 Å². The average molecular weight is 302 g/mol. The summed E-state index contributed by atoms with van der Waals surface area (Å²) in [5.41, 5.74) is 0.782.